The van der Waals surface area contributed by atoms with Gasteiger partial charge in [-0.1, -0.05) is 18.2 Å². The molecule has 98 valence electrons. The molecule has 1 aliphatic rings. The third-order valence-electron chi connectivity index (χ3n) is 3.42. The number of benzene rings is 1. The first-order valence-corrected chi connectivity index (χ1v) is 6.75. The molecule has 0 amide bonds. The minimum Gasteiger partial charge on any atom is -0.368 e. The Morgan fingerprint density at radius 1 is 1.26 bits per heavy atom. The molecule has 4 heteroatoms. The molecule has 0 bridgehead atoms. The Kier molecular flexibility index (Phi) is 3.07. The van der Waals surface area contributed by atoms with Gasteiger partial charge in [0.2, 0.25) is 0 Å². The molecule has 0 fully saturated rings. The summed E-state index contributed by atoms with van der Waals surface area (Å²) in [5.74, 6) is 0.936. The van der Waals surface area contributed by atoms with Crippen LogP contribution in [0.3, 0.4) is 0 Å². The number of fused-ring (bicyclic) bond motifs is 1. The number of carbonyl (C=O) groups excluding carboxylic acids is 1. The number of rotatable bonds is 3. The van der Waals surface area contributed by atoms with Crippen molar-refractivity contribution in [3.05, 3.63) is 41.6 Å². The maximum Gasteiger partial charge on any atom is 0.168 e. The first-order valence-electron chi connectivity index (χ1n) is 6.75. The van der Waals surface area contributed by atoms with Crippen molar-refractivity contribution >= 4 is 11.6 Å². The zero-order valence-electron chi connectivity index (χ0n) is 11.0. The van der Waals surface area contributed by atoms with Crippen LogP contribution in [0.4, 0.5) is 5.82 Å². The lowest BCUT2D eigenvalue weighted by molar-refractivity contribution is 0.0973. The molecule has 2 aromatic rings. The molecule has 1 aromatic carbocycles. The van der Waals surface area contributed by atoms with E-state index in [0.717, 1.165) is 42.1 Å². The van der Waals surface area contributed by atoms with E-state index in [1.807, 2.05) is 41.9 Å². The van der Waals surface area contributed by atoms with Gasteiger partial charge in [0.15, 0.2) is 11.6 Å². The molecule has 0 aliphatic heterocycles. The second-order valence-electron chi connectivity index (χ2n) is 4.72. The van der Waals surface area contributed by atoms with Crippen LogP contribution in [0, 0.1) is 0 Å². The van der Waals surface area contributed by atoms with Gasteiger partial charge in [0.25, 0.3) is 0 Å². The summed E-state index contributed by atoms with van der Waals surface area (Å²) in [5, 5.41) is 7.79. The summed E-state index contributed by atoms with van der Waals surface area (Å²) in [6.45, 7) is 2.78. The molecular formula is C15H17N3O. The largest absolute Gasteiger partial charge is 0.368 e. The van der Waals surface area contributed by atoms with E-state index in [1.54, 1.807) is 0 Å². The third kappa shape index (κ3) is 2.03. The number of hydrogen-bond donors (Lipinski definition) is 1. The number of anilines is 1. The molecule has 0 saturated carbocycles. The summed E-state index contributed by atoms with van der Waals surface area (Å²) in [6.07, 6.45) is 2.45. The van der Waals surface area contributed by atoms with Crippen molar-refractivity contribution < 1.29 is 4.79 Å². The molecular weight excluding hydrogens is 238 g/mol. The number of nitrogens with zero attached hydrogens (tertiary/aromatic N) is 2. The Bertz CT molecular complexity index is 601. The summed E-state index contributed by atoms with van der Waals surface area (Å²) in [6, 6.07) is 9.99. The predicted octanol–water partition coefficient (Wildman–Crippen LogP) is 2.82. The second-order valence-corrected chi connectivity index (χ2v) is 4.72. The lowest BCUT2D eigenvalue weighted by Gasteiger charge is -2.13. The quantitative estimate of drug-likeness (QED) is 0.917. The second kappa shape index (κ2) is 4.88. The summed E-state index contributed by atoms with van der Waals surface area (Å²) in [5.41, 5.74) is 2.84. The van der Waals surface area contributed by atoms with Crippen molar-refractivity contribution in [3.8, 4) is 5.69 Å². The molecule has 19 heavy (non-hydrogen) atoms. The van der Waals surface area contributed by atoms with E-state index < -0.39 is 0 Å². The van der Waals surface area contributed by atoms with Gasteiger partial charge in [0.1, 0.15) is 0 Å². The number of nitrogens with one attached hydrogen (secondary N) is 1. The first kappa shape index (κ1) is 12.0. The minimum absolute atomic E-state index is 0.208. The van der Waals surface area contributed by atoms with Crippen molar-refractivity contribution in [2.75, 3.05) is 11.9 Å². The Morgan fingerprint density at radius 2 is 2.05 bits per heavy atom. The average Bonchev–Trinajstić information content (AvgIpc) is 2.81. The normalized spacial score (nSPS) is 14.3. The summed E-state index contributed by atoms with van der Waals surface area (Å²) in [4.78, 5) is 12.1. The minimum atomic E-state index is 0.208. The van der Waals surface area contributed by atoms with Gasteiger partial charge >= 0.3 is 0 Å². The van der Waals surface area contributed by atoms with Crippen molar-refractivity contribution in [2.45, 2.75) is 26.2 Å². The first-order chi connectivity index (χ1) is 9.31. The summed E-state index contributed by atoms with van der Waals surface area (Å²) >= 11 is 0. The molecule has 0 spiro atoms. The van der Waals surface area contributed by atoms with Crippen LogP contribution < -0.4 is 5.32 Å². The molecule has 1 aliphatic carbocycles. The van der Waals surface area contributed by atoms with E-state index in [0.29, 0.717) is 6.42 Å². The molecule has 4 nitrogen and oxygen atoms in total. The number of aromatic nitrogens is 2. The molecule has 1 heterocycles. The highest BCUT2D eigenvalue weighted by molar-refractivity contribution is 6.02. The number of para-hydroxylation sites is 1. The van der Waals surface area contributed by atoms with E-state index in [-0.39, 0.29) is 5.78 Å². The molecule has 1 aromatic heterocycles. The van der Waals surface area contributed by atoms with E-state index in [1.165, 1.54) is 0 Å². The average molecular weight is 255 g/mol. The lowest BCUT2D eigenvalue weighted by Crippen LogP contribution is -2.13. The van der Waals surface area contributed by atoms with Crippen LogP contribution in [0.25, 0.3) is 5.69 Å². The number of hydrogen-bond acceptors (Lipinski definition) is 3. The fourth-order valence-corrected chi connectivity index (χ4v) is 2.59. The Labute approximate surface area is 112 Å². The van der Waals surface area contributed by atoms with Crippen LogP contribution >= 0.6 is 0 Å². The maximum atomic E-state index is 12.1. The van der Waals surface area contributed by atoms with Gasteiger partial charge in [-0.25, -0.2) is 4.68 Å². The van der Waals surface area contributed by atoms with Crippen LogP contribution in [0.5, 0.6) is 0 Å². The highest BCUT2D eigenvalue weighted by Crippen LogP contribution is 2.29. The highest BCUT2D eigenvalue weighted by Gasteiger charge is 2.27. The third-order valence-corrected chi connectivity index (χ3v) is 3.42. The topological polar surface area (TPSA) is 46.9 Å². The predicted molar refractivity (Wildman–Crippen MR) is 75.0 cm³/mol. The zero-order chi connectivity index (χ0) is 13.2. The number of Topliss-reactive ketones (excluding diaryl/α,β-unsaturated/α-hetero) is 1. The Morgan fingerprint density at radius 3 is 2.79 bits per heavy atom. The number of carbonyl (C=O) groups is 1. The monoisotopic (exact) mass is 255 g/mol. The van der Waals surface area contributed by atoms with Crippen LogP contribution in [-0.4, -0.2) is 22.1 Å². The Hall–Kier alpha value is -2.10. The van der Waals surface area contributed by atoms with Gasteiger partial charge in [-0.2, -0.15) is 0 Å². The SMILES string of the molecule is CCNc1nn(-c2ccccc2)c2c1C(=O)CCC2. The highest BCUT2D eigenvalue weighted by atomic mass is 16.1. The maximum absolute atomic E-state index is 12.1. The lowest BCUT2D eigenvalue weighted by atomic mass is 9.96. The molecule has 0 atom stereocenters. The number of ketones is 1. The summed E-state index contributed by atoms with van der Waals surface area (Å²) < 4.78 is 1.91. The van der Waals surface area contributed by atoms with Crippen molar-refractivity contribution in [1.29, 1.82) is 0 Å². The van der Waals surface area contributed by atoms with Crippen molar-refractivity contribution in [3.63, 3.8) is 0 Å². The van der Waals surface area contributed by atoms with Gasteiger partial charge in [0, 0.05) is 13.0 Å². The van der Waals surface area contributed by atoms with Crippen LogP contribution in [0.1, 0.15) is 35.8 Å². The molecule has 0 unspecified atom stereocenters. The van der Waals surface area contributed by atoms with Crippen LogP contribution in [0.15, 0.2) is 30.3 Å². The zero-order valence-corrected chi connectivity index (χ0v) is 11.0. The fraction of sp³-hybridized carbons (Fsp3) is 0.333. The molecule has 1 N–H and O–H groups in total. The van der Waals surface area contributed by atoms with Crippen LogP contribution in [0.2, 0.25) is 0 Å². The van der Waals surface area contributed by atoms with Gasteiger partial charge in [-0.05, 0) is 31.9 Å². The van der Waals surface area contributed by atoms with E-state index in [9.17, 15) is 4.79 Å². The van der Waals surface area contributed by atoms with Gasteiger partial charge in [-0.3, -0.25) is 4.79 Å². The summed E-state index contributed by atoms with van der Waals surface area (Å²) in [7, 11) is 0. The van der Waals surface area contributed by atoms with Gasteiger partial charge < -0.3 is 5.32 Å². The van der Waals surface area contributed by atoms with E-state index in [2.05, 4.69) is 10.4 Å². The molecule has 3 rings (SSSR count). The smallest absolute Gasteiger partial charge is 0.168 e. The van der Waals surface area contributed by atoms with Crippen molar-refractivity contribution in [1.82, 2.24) is 9.78 Å². The molecule has 0 radical (unpaired) electrons. The standard InChI is InChI=1S/C15H17N3O/c1-2-16-15-14-12(9-6-10-13(14)19)18(17-15)11-7-4-3-5-8-11/h3-5,7-8H,2,6,9-10H2,1H3,(H,16,17). The van der Waals surface area contributed by atoms with Crippen LogP contribution in [-0.2, 0) is 6.42 Å². The molecule has 0 saturated heterocycles. The van der Waals surface area contributed by atoms with E-state index >= 15 is 0 Å². The van der Waals surface area contributed by atoms with E-state index in [4.69, 9.17) is 0 Å². The Balaban J connectivity index is 2.16. The van der Waals surface area contributed by atoms with Crippen molar-refractivity contribution in [2.24, 2.45) is 0 Å². The van der Waals surface area contributed by atoms with Gasteiger partial charge in [0.05, 0.1) is 16.9 Å². The fourth-order valence-electron chi connectivity index (χ4n) is 2.59. The van der Waals surface area contributed by atoms with Gasteiger partial charge in [-0.15, -0.1) is 5.10 Å².